The van der Waals surface area contributed by atoms with E-state index in [1.54, 1.807) is 24.7 Å². The first-order chi connectivity index (χ1) is 9.61. The number of primary amides is 1. The van der Waals surface area contributed by atoms with Gasteiger partial charge in [0.2, 0.25) is 0 Å². The molecule has 0 fully saturated rings. The molecule has 0 unspecified atom stereocenters. The van der Waals surface area contributed by atoms with Crippen molar-refractivity contribution in [3.05, 3.63) is 35.8 Å². The molecular formula is C14H17N5O. The molecule has 0 atom stereocenters. The van der Waals surface area contributed by atoms with Crippen LogP contribution in [0.15, 0.2) is 29.4 Å². The number of aliphatic imine (C=N–C) groups is 1. The van der Waals surface area contributed by atoms with Crippen molar-refractivity contribution in [2.45, 2.75) is 13.8 Å². The van der Waals surface area contributed by atoms with E-state index in [9.17, 15) is 4.79 Å². The lowest BCUT2D eigenvalue weighted by atomic mass is 10.1. The van der Waals surface area contributed by atoms with E-state index in [4.69, 9.17) is 5.73 Å². The second-order valence-corrected chi connectivity index (χ2v) is 4.28. The van der Waals surface area contributed by atoms with E-state index < -0.39 is 5.91 Å². The molecule has 0 saturated carbocycles. The van der Waals surface area contributed by atoms with Gasteiger partial charge in [-0.05, 0) is 26.0 Å². The average molecular weight is 271 g/mol. The Kier molecular flexibility index (Phi) is 4.14. The number of H-pyrrole nitrogens is 1. The maximum Gasteiger partial charge on any atom is 0.250 e. The van der Waals surface area contributed by atoms with Crippen LogP contribution in [0.25, 0.3) is 11.3 Å². The molecule has 1 aromatic heterocycles. The van der Waals surface area contributed by atoms with E-state index in [1.165, 1.54) is 0 Å². The van der Waals surface area contributed by atoms with E-state index in [-0.39, 0.29) is 0 Å². The van der Waals surface area contributed by atoms with Crippen LogP contribution < -0.4 is 11.1 Å². The highest BCUT2D eigenvalue weighted by Crippen LogP contribution is 2.25. The fraction of sp³-hybridized carbons (Fsp3) is 0.214. The maximum absolute atomic E-state index is 11.5. The van der Waals surface area contributed by atoms with E-state index in [2.05, 4.69) is 20.3 Å². The van der Waals surface area contributed by atoms with Crippen molar-refractivity contribution in [2.24, 2.45) is 10.7 Å². The number of carbonyl (C=O) groups excluding carboxylic acids is 1. The van der Waals surface area contributed by atoms with Gasteiger partial charge in [0.1, 0.15) is 5.82 Å². The quantitative estimate of drug-likeness (QED) is 0.571. The number of aryl methyl sites for hydroxylation is 1. The smallest absolute Gasteiger partial charge is 0.250 e. The van der Waals surface area contributed by atoms with Gasteiger partial charge in [-0.15, -0.1) is 0 Å². The summed E-state index contributed by atoms with van der Waals surface area (Å²) in [5, 5.41) is 2.95. The van der Waals surface area contributed by atoms with Crippen LogP contribution in [0.2, 0.25) is 0 Å². The molecule has 0 spiro atoms. The zero-order valence-electron chi connectivity index (χ0n) is 11.5. The number of carbonyl (C=O) groups is 1. The van der Waals surface area contributed by atoms with Crippen LogP contribution in [0.1, 0.15) is 23.1 Å². The van der Waals surface area contributed by atoms with Gasteiger partial charge >= 0.3 is 0 Å². The van der Waals surface area contributed by atoms with Crippen LogP contribution in [0.5, 0.6) is 0 Å². The highest BCUT2D eigenvalue weighted by atomic mass is 16.1. The molecule has 0 bridgehead atoms. The first kappa shape index (κ1) is 13.8. The molecule has 0 saturated heterocycles. The summed E-state index contributed by atoms with van der Waals surface area (Å²) in [4.78, 5) is 23.1. The normalized spacial score (nSPS) is 10.9. The van der Waals surface area contributed by atoms with Gasteiger partial charge in [0, 0.05) is 18.3 Å². The number of benzene rings is 1. The van der Waals surface area contributed by atoms with Crippen LogP contribution in [-0.2, 0) is 0 Å². The number of rotatable bonds is 5. The summed E-state index contributed by atoms with van der Waals surface area (Å²) in [6, 6.07) is 5.32. The minimum atomic E-state index is -0.511. The Morgan fingerprint density at radius 1 is 1.55 bits per heavy atom. The van der Waals surface area contributed by atoms with E-state index in [1.807, 2.05) is 19.9 Å². The molecule has 4 N–H and O–H groups in total. The molecule has 2 rings (SSSR count). The van der Waals surface area contributed by atoms with Gasteiger partial charge in [0.15, 0.2) is 0 Å². The Bertz CT molecular complexity index is 645. The molecule has 2 aromatic rings. The highest BCUT2D eigenvalue weighted by Gasteiger charge is 2.10. The number of hydrogen-bond acceptors (Lipinski definition) is 3. The van der Waals surface area contributed by atoms with Gasteiger partial charge in [-0.1, -0.05) is 6.07 Å². The third-order valence-corrected chi connectivity index (χ3v) is 2.76. The number of hydrogen-bond donors (Lipinski definition) is 3. The fourth-order valence-electron chi connectivity index (χ4n) is 1.78. The zero-order chi connectivity index (χ0) is 14.5. The summed E-state index contributed by atoms with van der Waals surface area (Å²) < 4.78 is 0. The van der Waals surface area contributed by atoms with Gasteiger partial charge < -0.3 is 16.0 Å². The van der Waals surface area contributed by atoms with Gasteiger partial charge in [-0.2, -0.15) is 0 Å². The zero-order valence-corrected chi connectivity index (χ0v) is 11.5. The molecule has 0 aliphatic carbocycles. The number of aromatic amines is 1. The van der Waals surface area contributed by atoms with Crippen LogP contribution in [0.3, 0.4) is 0 Å². The van der Waals surface area contributed by atoms with Crippen LogP contribution >= 0.6 is 0 Å². The summed E-state index contributed by atoms with van der Waals surface area (Å²) in [6.45, 7) is 4.59. The van der Waals surface area contributed by atoms with Crippen LogP contribution in [-0.4, -0.2) is 28.8 Å². The second kappa shape index (κ2) is 6.01. The molecule has 104 valence electrons. The minimum absolute atomic E-state index is 0.373. The van der Waals surface area contributed by atoms with E-state index in [0.717, 1.165) is 23.6 Å². The first-order valence-electron chi connectivity index (χ1n) is 6.34. The lowest BCUT2D eigenvalue weighted by Gasteiger charge is -2.04. The maximum atomic E-state index is 11.5. The molecule has 20 heavy (non-hydrogen) atoms. The Morgan fingerprint density at radius 3 is 2.95 bits per heavy atom. The molecule has 0 aliphatic heterocycles. The summed E-state index contributed by atoms with van der Waals surface area (Å²) in [7, 11) is 0. The summed E-state index contributed by atoms with van der Waals surface area (Å²) >= 11 is 0. The van der Waals surface area contributed by atoms with Crippen molar-refractivity contribution in [1.82, 2.24) is 15.3 Å². The summed E-state index contributed by atoms with van der Waals surface area (Å²) in [5.41, 5.74) is 7.91. The predicted molar refractivity (Wildman–Crippen MR) is 79.1 cm³/mol. The standard InChI is InChI=1S/C14H17N5O/c1-3-16-8-18-12-5-4-10(6-11(12)14(15)20)13-7-17-9(2)19-13/h4-8H,3H2,1-2H3,(H2,15,20)(H,16,18)(H,17,19). The monoisotopic (exact) mass is 271 g/mol. The second-order valence-electron chi connectivity index (χ2n) is 4.28. The molecular weight excluding hydrogens is 254 g/mol. The molecule has 1 aromatic carbocycles. The van der Waals surface area contributed by atoms with Crippen molar-refractivity contribution in [3.63, 3.8) is 0 Å². The van der Waals surface area contributed by atoms with Crippen LogP contribution in [0, 0.1) is 6.92 Å². The van der Waals surface area contributed by atoms with Gasteiger partial charge in [0.25, 0.3) is 5.91 Å². The van der Waals surface area contributed by atoms with Crippen molar-refractivity contribution in [3.8, 4) is 11.3 Å². The molecule has 1 amide bonds. The van der Waals surface area contributed by atoms with Crippen LogP contribution in [0.4, 0.5) is 5.69 Å². The van der Waals surface area contributed by atoms with Gasteiger partial charge in [-0.25, -0.2) is 9.98 Å². The molecule has 0 aliphatic rings. The largest absolute Gasteiger partial charge is 0.376 e. The number of nitrogens with two attached hydrogens (primary N) is 1. The molecule has 6 nitrogen and oxygen atoms in total. The average Bonchev–Trinajstić information content (AvgIpc) is 2.86. The Balaban J connectivity index is 2.39. The number of imidazole rings is 1. The van der Waals surface area contributed by atoms with Gasteiger partial charge in [0.05, 0.1) is 23.3 Å². The lowest BCUT2D eigenvalue weighted by Crippen LogP contribution is -2.12. The van der Waals surface area contributed by atoms with Crippen molar-refractivity contribution in [1.29, 1.82) is 0 Å². The molecule has 6 heteroatoms. The molecule has 1 heterocycles. The Morgan fingerprint density at radius 2 is 2.35 bits per heavy atom. The predicted octanol–water partition coefficient (Wildman–Crippen LogP) is 1.75. The van der Waals surface area contributed by atoms with E-state index in [0.29, 0.717) is 11.3 Å². The van der Waals surface area contributed by atoms with Crippen molar-refractivity contribution in [2.75, 3.05) is 6.54 Å². The Hall–Kier alpha value is -2.63. The van der Waals surface area contributed by atoms with E-state index >= 15 is 0 Å². The summed E-state index contributed by atoms with van der Waals surface area (Å²) in [6.07, 6.45) is 3.34. The lowest BCUT2D eigenvalue weighted by molar-refractivity contribution is 0.100. The third-order valence-electron chi connectivity index (χ3n) is 2.76. The number of nitrogens with zero attached hydrogens (tertiary/aromatic N) is 2. The SMILES string of the molecule is CCN/C=N/c1ccc(-c2c[nH]c(C)n2)cc1C(N)=O. The van der Waals surface area contributed by atoms with Gasteiger partial charge in [-0.3, -0.25) is 4.79 Å². The van der Waals surface area contributed by atoms with Crippen molar-refractivity contribution >= 4 is 17.9 Å². The third kappa shape index (κ3) is 3.03. The fourth-order valence-corrected chi connectivity index (χ4v) is 1.78. The molecule has 0 radical (unpaired) electrons. The van der Waals surface area contributed by atoms with Crippen molar-refractivity contribution < 1.29 is 4.79 Å². The topological polar surface area (TPSA) is 96.2 Å². The minimum Gasteiger partial charge on any atom is -0.376 e. The first-order valence-corrected chi connectivity index (χ1v) is 6.34. The number of aromatic nitrogens is 2. The Labute approximate surface area is 117 Å². The number of nitrogens with one attached hydrogen (secondary N) is 2. The summed E-state index contributed by atoms with van der Waals surface area (Å²) in [5.74, 6) is 0.303. The highest BCUT2D eigenvalue weighted by molar-refractivity contribution is 5.99. The number of amides is 1.